The van der Waals surface area contributed by atoms with Crippen molar-refractivity contribution in [3.05, 3.63) is 0 Å². The lowest BCUT2D eigenvalue weighted by atomic mass is 10.2. The van der Waals surface area contributed by atoms with Crippen molar-refractivity contribution in [2.75, 3.05) is 6.61 Å². The van der Waals surface area contributed by atoms with Crippen LogP contribution in [0.4, 0.5) is 0 Å². The van der Waals surface area contributed by atoms with Gasteiger partial charge in [-0.05, 0) is 6.42 Å². The van der Waals surface area contributed by atoms with Crippen LogP contribution in [-0.2, 0) is 4.74 Å². The molecule has 1 heterocycles. The summed E-state index contributed by atoms with van der Waals surface area (Å²) >= 11 is 0. The molecule has 0 radical (unpaired) electrons. The molecule has 0 aromatic rings. The second-order valence-electron chi connectivity index (χ2n) is 3.50. The highest BCUT2D eigenvalue weighted by molar-refractivity contribution is 5.12. The van der Waals surface area contributed by atoms with E-state index in [9.17, 15) is 0 Å². The number of hydrogen-bond acceptors (Lipinski definition) is 1. The maximum atomic E-state index is 5.04. The molecule has 0 spiro atoms. The summed E-state index contributed by atoms with van der Waals surface area (Å²) in [5, 5.41) is 0. The Morgan fingerprint density at radius 3 is 2.64 bits per heavy atom. The molecule has 76 valence electrons. The molecular formula is C13H18O. The Labute approximate surface area is 87.2 Å². The van der Waals surface area contributed by atoms with Crippen LogP contribution in [0.3, 0.4) is 0 Å². The molecular weight excluding hydrogens is 172 g/mol. The van der Waals surface area contributed by atoms with Gasteiger partial charge in [0.2, 0.25) is 0 Å². The van der Waals surface area contributed by atoms with Crippen molar-refractivity contribution in [1.82, 2.24) is 0 Å². The van der Waals surface area contributed by atoms with Crippen molar-refractivity contribution in [3.8, 4) is 23.7 Å². The fourth-order valence-corrected chi connectivity index (χ4v) is 1.09. The van der Waals surface area contributed by atoms with E-state index in [4.69, 9.17) is 4.74 Å². The molecule has 0 aromatic heterocycles. The fourth-order valence-electron chi connectivity index (χ4n) is 1.09. The highest BCUT2D eigenvalue weighted by Crippen LogP contribution is 2.11. The maximum absolute atomic E-state index is 5.04. The molecule has 1 saturated heterocycles. The molecule has 1 fully saturated rings. The normalized spacial score (nSPS) is 17.6. The van der Waals surface area contributed by atoms with E-state index in [1.54, 1.807) is 0 Å². The third-order valence-corrected chi connectivity index (χ3v) is 2.06. The Morgan fingerprint density at radius 1 is 1.14 bits per heavy atom. The van der Waals surface area contributed by atoms with Gasteiger partial charge in [-0.15, -0.1) is 5.92 Å². The Morgan fingerprint density at radius 2 is 1.93 bits per heavy atom. The molecule has 1 nitrogen and oxygen atoms in total. The molecule has 1 unspecified atom stereocenters. The fraction of sp³-hybridized carbons (Fsp3) is 0.692. The van der Waals surface area contributed by atoms with Gasteiger partial charge in [-0.2, -0.15) is 0 Å². The van der Waals surface area contributed by atoms with Gasteiger partial charge < -0.3 is 4.74 Å². The van der Waals surface area contributed by atoms with Crippen LogP contribution >= 0.6 is 0 Å². The summed E-state index contributed by atoms with van der Waals surface area (Å²) in [4.78, 5) is 0. The van der Waals surface area contributed by atoms with Crippen molar-refractivity contribution in [2.24, 2.45) is 0 Å². The van der Waals surface area contributed by atoms with Gasteiger partial charge in [-0.25, -0.2) is 0 Å². The van der Waals surface area contributed by atoms with Crippen LogP contribution in [-0.4, -0.2) is 12.7 Å². The largest absolute Gasteiger partial charge is 0.372 e. The summed E-state index contributed by atoms with van der Waals surface area (Å²) in [5.74, 6) is 12.3. The van der Waals surface area contributed by atoms with E-state index in [1.807, 2.05) is 0 Å². The average Bonchev–Trinajstić information content (AvgIpc) is 2.99. The summed E-state index contributed by atoms with van der Waals surface area (Å²) in [7, 11) is 0. The monoisotopic (exact) mass is 190 g/mol. The zero-order valence-corrected chi connectivity index (χ0v) is 8.94. The minimum Gasteiger partial charge on any atom is -0.372 e. The van der Waals surface area contributed by atoms with Crippen molar-refractivity contribution in [1.29, 1.82) is 0 Å². The molecule has 1 aliphatic heterocycles. The van der Waals surface area contributed by atoms with Gasteiger partial charge in [0.15, 0.2) is 0 Å². The molecule has 1 atom stereocenters. The number of unbranched alkanes of at least 4 members (excludes halogenated alkanes) is 3. The smallest absolute Gasteiger partial charge is 0.0918 e. The minimum absolute atomic E-state index is 0.431. The lowest BCUT2D eigenvalue weighted by Gasteiger charge is -1.87. The van der Waals surface area contributed by atoms with Crippen molar-refractivity contribution in [2.45, 2.75) is 51.6 Å². The second kappa shape index (κ2) is 7.48. The molecule has 0 saturated carbocycles. The van der Waals surface area contributed by atoms with Crippen LogP contribution in [0.1, 0.15) is 45.4 Å². The molecule has 0 amide bonds. The van der Waals surface area contributed by atoms with E-state index in [2.05, 4.69) is 30.6 Å². The number of hydrogen-bond donors (Lipinski definition) is 0. The molecule has 0 N–H and O–H groups in total. The van der Waals surface area contributed by atoms with Crippen LogP contribution in [0.15, 0.2) is 0 Å². The van der Waals surface area contributed by atoms with E-state index in [0.29, 0.717) is 6.10 Å². The van der Waals surface area contributed by atoms with Gasteiger partial charge in [0.1, 0.15) is 0 Å². The SMILES string of the molecule is CCCCCC#CCC#CCC1CO1. The number of rotatable bonds is 4. The lowest BCUT2D eigenvalue weighted by Crippen LogP contribution is -1.78. The van der Waals surface area contributed by atoms with Gasteiger partial charge in [-0.1, -0.05) is 37.5 Å². The van der Waals surface area contributed by atoms with Crippen LogP contribution in [0.25, 0.3) is 0 Å². The predicted molar refractivity (Wildman–Crippen MR) is 58.7 cm³/mol. The molecule has 0 bridgehead atoms. The summed E-state index contributed by atoms with van der Waals surface area (Å²) in [6, 6.07) is 0. The van der Waals surface area contributed by atoms with Crippen LogP contribution in [0.5, 0.6) is 0 Å². The van der Waals surface area contributed by atoms with Gasteiger partial charge >= 0.3 is 0 Å². The van der Waals surface area contributed by atoms with E-state index in [0.717, 1.165) is 25.9 Å². The first-order chi connectivity index (χ1) is 6.93. The lowest BCUT2D eigenvalue weighted by molar-refractivity contribution is 0.412. The minimum atomic E-state index is 0.431. The first-order valence-corrected chi connectivity index (χ1v) is 5.46. The zero-order valence-electron chi connectivity index (χ0n) is 8.94. The van der Waals surface area contributed by atoms with Crippen LogP contribution in [0, 0.1) is 23.7 Å². The van der Waals surface area contributed by atoms with E-state index in [-0.39, 0.29) is 0 Å². The van der Waals surface area contributed by atoms with Crippen LogP contribution in [0.2, 0.25) is 0 Å². The summed E-state index contributed by atoms with van der Waals surface area (Å²) in [6.07, 6.45) is 6.85. The standard InChI is InChI=1S/C13H18O/c1-2-3-4-5-6-7-8-9-10-11-13-12-14-13/h13H,2-5,8,11-12H2,1H3. The molecule has 0 aromatic carbocycles. The van der Waals surface area contributed by atoms with Gasteiger partial charge in [0.05, 0.1) is 19.1 Å². The van der Waals surface area contributed by atoms with Crippen LogP contribution < -0.4 is 0 Å². The van der Waals surface area contributed by atoms with Gasteiger partial charge in [0.25, 0.3) is 0 Å². The topological polar surface area (TPSA) is 12.5 Å². The first kappa shape index (κ1) is 11.2. The molecule has 1 heteroatoms. The Hall–Kier alpha value is -0.920. The van der Waals surface area contributed by atoms with Crippen molar-refractivity contribution < 1.29 is 4.74 Å². The first-order valence-electron chi connectivity index (χ1n) is 5.46. The van der Waals surface area contributed by atoms with Gasteiger partial charge in [0, 0.05) is 12.8 Å². The van der Waals surface area contributed by atoms with Gasteiger partial charge in [-0.3, -0.25) is 0 Å². The Kier molecular flexibility index (Phi) is 5.96. The summed E-state index contributed by atoms with van der Waals surface area (Å²) in [6.45, 7) is 3.11. The number of epoxide rings is 1. The number of ether oxygens (including phenoxy) is 1. The summed E-state index contributed by atoms with van der Waals surface area (Å²) < 4.78 is 5.04. The molecule has 1 rings (SSSR count). The quantitative estimate of drug-likeness (QED) is 0.377. The van der Waals surface area contributed by atoms with Crippen molar-refractivity contribution >= 4 is 0 Å². The predicted octanol–water partition coefficient (Wildman–Crippen LogP) is 2.75. The molecule has 0 aliphatic carbocycles. The average molecular weight is 190 g/mol. The molecule has 14 heavy (non-hydrogen) atoms. The van der Waals surface area contributed by atoms with E-state index >= 15 is 0 Å². The van der Waals surface area contributed by atoms with Crippen molar-refractivity contribution in [3.63, 3.8) is 0 Å². The third kappa shape index (κ3) is 6.58. The highest BCUT2D eigenvalue weighted by Gasteiger charge is 2.20. The highest BCUT2D eigenvalue weighted by atomic mass is 16.6. The Bertz CT molecular complexity index is 254. The second-order valence-corrected chi connectivity index (χ2v) is 3.50. The van der Waals surface area contributed by atoms with E-state index in [1.165, 1.54) is 19.3 Å². The molecule has 1 aliphatic rings. The maximum Gasteiger partial charge on any atom is 0.0918 e. The Balaban J connectivity index is 1.91. The zero-order chi connectivity index (χ0) is 10.1. The van der Waals surface area contributed by atoms with E-state index < -0.39 is 0 Å². The summed E-state index contributed by atoms with van der Waals surface area (Å²) in [5.41, 5.74) is 0. The third-order valence-electron chi connectivity index (χ3n) is 2.06.